The van der Waals surface area contributed by atoms with Crippen LogP contribution in [0.1, 0.15) is 54.0 Å². The average Bonchev–Trinajstić information content (AvgIpc) is 3.15. The molecule has 0 aromatic carbocycles. The molecule has 0 saturated heterocycles. The fraction of sp³-hybridized carbons (Fsp3) is 0.500. The van der Waals surface area contributed by atoms with Gasteiger partial charge in [-0.3, -0.25) is 19.4 Å². The summed E-state index contributed by atoms with van der Waals surface area (Å²) in [5.74, 6) is -0.803. The number of thioether (sulfide) groups is 1. The van der Waals surface area contributed by atoms with Crippen LogP contribution in [0, 0.1) is 5.41 Å². The second kappa shape index (κ2) is 9.23. The highest BCUT2D eigenvalue weighted by molar-refractivity contribution is 8.13. The lowest BCUT2D eigenvalue weighted by molar-refractivity contribution is -0.140. The van der Waals surface area contributed by atoms with Crippen molar-refractivity contribution in [2.75, 3.05) is 20.5 Å². The Hall–Kier alpha value is -2.35. The van der Waals surface area contributed by atoms with Crippen molar-refractivity contribution in [1.82, 2.24) is 4.98 Å². The summed E-state index contributed by atoms with van der Waals surface area (Å²) in [7, 11) is 2.63. The molecule has 152 valence electrons. The van der Waals surface area contributed by atoms with Crippen LogP contribution in [0.25, 0.3) is 6.08 Å². The van der Waals surface area contributed by atoms with Crippen molar-refractivity contribution in [2.45, 2.75) is 39.5 Å². The highest BCUT2D eigenvalue weighted by Crippen LogP contribution is 2.41. The number of aliphatic imine (C=N–C) groups is 1. The zero-order chi connectivity index (χ0) is 20.9. The van der Waals surface area contributed by atoms with Gasteiger partial charge in [0.25, 0.3) is 0 Å². The molecule has 8 heteroatoms. The number of nitrogens with zero attached hydrogens (tertiary/aromatic N) is 1. The maximum atomic E-state index is 12.0. The Balaban J connectivity index is 2.53. The average molecular weight is 407 g/mol. The number of esters is 2. The second-order valence-corrected chi connectivity index (χ2v) is 8.04. The maximum Gasteiger partial charge on any atom is 0.310 e. The van der Waals surface area contributed by atoms with Crippen LogP contribution in [0.3, 0.4) is 0 Å². The van der Waals surface area contributed by atoms with Crippen molar-refractivity contribution in [3.63, 3.8) is 0 Å². The van der Waals surface area contributed by atoms with Gasteiger partial charge in [0.15, 0.2) is 6.29 Å². The van der Waals surface area contributed by atoms with Gasteiger partial charge in [-0.25, -0.2) is 0 Å². The maximum absolute atomic E-state index is 12.0. The van der Waals surface area contributed by atoms with Crippen molar-refractivity contribution in [3.05, 3.63) is 28.2 Å². The molecule has 1 aromatic rings. The summed E-state index contributed by atoms with van der Waals surface area (Å²) < 4.78 is 9.51. The van der Waals surface area contributed by atoms with Gasteiger partial charge in [0.05, 0.1) is 31.4 Å². The number of methoxy groups -OCH3 is 2. The van der Waals surface area contributed by atoms with Crippen molar-refractivity contribution in [2.24, 2.45) is 10.4 Å². The number of aldehydes is 1. The van der Waals surface area contributed by atoms with Crippen molar-refractivity contribution in [1.29, 1.82) is 0 Å². The minimum Gasteiger partial charge on any atom is -0.469 e. The minimum atomic E-state index is -0.422. The van der Waals surface area contributed by atoms with E-state index in [-0.39, 0.29) is 30.6 Å². The number of aromatic nitrogens is 1. The van der Waals surface area contributed by atoms with Gasteiger partial charge < -0.3 is 14.5 Å². The first-order valence-electron chi connectivity index (χ1n) is 8.92. The van der Waals surface area contributed by atoms with E-state index in [4.69, 9.17) is 9.47 Å². The zero-order valence-electron chi connectivity index (χ0n) is 16.9. The van der Waals surface area contributed by atoms with Crippen LogP contribution in [-0.2, 0) is 31.9 Å². The molecule has 1 aliphatic heterocycles. The summed E-state index contributed by atoms with van der Waals surface area (Å²) >= 11 is 1.61. The van der Waals surface area contributed by atoms with E-state index >= 15 is 0 Å². The molecule has 0 unspecified atom stereocenters. The lowest BCUT2D eigenvalue weighted by Crippen LogP contribution is -2.11. The van der Waals surface area contributed by atoms with Crippen LogP contribution in [-0.4, -0.2) is 48.7 Å². The van der Waals surface area contributed by atoms with E-state index in [1.807, 2.05) is 12.3 Å². The van der Waals surface area contributed by atoms with Crippen LogP contribution in [0.2, 0.25) is 0 Å². The van der Waals surface area contributed by atoms with E-state index in [1.165, 1.54) is 14.2 Å². The van der Waals surface area contributed by atoms with E-state index in [2.05, 4.69) is 23.8 Å². The Morgan fingerprint density at radius 1 is 1.18 bits per heavy atom. The van der Waals surface area contributed by atoms with Crippen LogP contribution < -0.4 is 0 Å². The largest absolute Gasteiger partial charge is 0.469 e. The van der Waals surface area contributed by atoms with Crippen LogP contribution in [0.5, 0.6) is 0 Å². The Bertz CT molecular complexity index is 836. The van der Waals surface area contributed by atoms with Gasteiger partial charge in [-0.1, -0.05) is 13.8 Å². The molecule has 0 bridgehead atoms. The standard InChI is InChI=1S/C20H26N2O5S/c1-20(2)10-17(28-5)22-16(20)9-14-13(8-19(25)27-4)12(15(11-23)21-14)6-7-18(24)26-3/h9,11,21H,6-8,10H2,1-5H3/b16-9+. The number of carbonyl (C=O) groups is 3. The summed E-state index contributed by atoms with van der Waals surface area (Å²) in [5.41, 5.74) is 2.98. The van der Waals surface area contributed by atoms with Gasteiger partial charge in [0, 0.05) is 29.6 Å². The summed E-state index contributed by atoms with van der Waals surface area (Å²) in [4.78, 5) is 42.9. The summed E-state index contributed by atoms with van der Waals surface area (Å²) in [5, 5.41) is 1.04. The third-order valence-corrected chi connectivity index (χ3v) is 5.51. The molecule has 1 aliphatic rings. The molecular formula is C20H26N2O5S. The fourth-order valence-electron chi connectivity index (χ4n) is 3.15. The molecule has 2 heterocycles. The highest BCUT2D eigenvalue weighted by Gasteiger charge is 2.32. The second-order valence-electron chi connectivity index (χ2n) is 7.16. The lowest BCUT2D eigenvalue weighted by atomic mass is 9.87. The summed E-state index contributed by atoms with van der Waals surface area (Å²) in [6, 6.07) is 0. The molecule has 1 aromatic heterocycles. The van der Waals surface area contributed by atoms with E-state index in [9.17, 15) is 14.4 Å². The predicted octanol–water partition coefficient (Wildman–Crippen LogP) is 3.18. The van der Waals surface area contributed by atoms with Gasteiger partial charge in [0.2, 0.25) is 0 Å². The van der Waals surface area contributed by atoms with Gasteiger partial charge in [-0.15, -0.1) is 11.8 Å². The van der Waals surface area contributed by atoms with Gasteiger partial charge >= 0.3 is 11.9 Å². The Labute approximate surface area is 169 Å². The van der Waals surface area contributed by atoms with E-state index < -0.39 is 5.97 Å². The number of carbonyl (C=O) groups excluding carboxylic acids is 3. The number of hydrogen-bond acceptors (Lipinski definition) is 7. The topological polar surface area (TPSA) is 97.8 Å². The number of allylic oxidation sites excluding steroid dienone is 1. The Kier molecular flexibility index (Phi) is 7.23. The first-order valence-corrected chi connectivity index (χ1v) is 10.1. The lowest BCUT2D eigenvalue weighted by Gasteiger charge is -2.18. The molecule has 0 amide bonds. The number of rotatable bonds is 7. The van der Waals surface area contributed by atoms with E-state index in [0.717, 1.165) is 17.2 Å². The van der Waals surface area contributed by atoms with Gasteiger partial charge in [0.1, 0.15) is 0 Å². The molecule has 7 nitrogen and oxygen atoms in total. The molecule has 28 heavy (non-hydrogen) atoms. The summed E-state index contributed by atoms with van der Waals surface area (Å²) in [6.45, 7) is 4.21. The first kappa shape index (κ1) is 21.9. The zero-order valence-corrected chi connectivity index (χ0v) is 17.7. The van der Waals surface area contributed by atoms with Crippen molar-refractivity contribution < 1.29 is 23.9 Å². The number of aromatic amines is 1. The number of H-pyrrole nitrogens is 1. The van der Waals surface area contributed by atoms with Crippen LogP contribution in [0.4, 0.5) is 0 Å². The van der Waals surface area contributed by atoms with Gasteiger partial charge in [-0.2, -0.15) is 0 Å². The smallest absolute Gasteiger partial charge is 0.310 e. The van der Waals surface area contributed by atoms with Gasteiger partial charge in [-0.05, 0) is 29.9 Å². The normalized spacial score (nSPS) is 16.8. The third-order valence-electron chi connectivity index (χ3n) is 4.81. The third kappa shape index (κ3) is 4.92. The Morgan fingerprint density at radius 3 is 2.39 bits per heavy atom. The van der Waals surface area contributed by atoms with E-state index in [1.54, 1.807) is 11.8 Å². The predicted molar refractivity (Wildman–Crippen MR) is 110 cm³/mol. The molecule has 0 aliphatic carbocycles. The highest BCUT2D eigenvalue weighted by atomic mass is 32.2. The van der Waals surface area contributed by atoms with E-state index in [0.29, 0.717) is 28.8 Å². The van der Waals surface area contributed by atoms with Crippen molar-refractivity contribution in [3.8, 4) is 0 Å². The van der Waals surface area contributed by atoms with Crippen LogP contribution >= 0.6 is 11.8 Å². The number of nitrogens with one attached hydrogen (secondary N) is 1. The number of hydrogen-bond donors (Lipinski definition) is 1. The SMILES string of the molecule is COC(=O)CCc1c(C=O)[nH]c(/C=C2/N=C(SC)CC2(C)C)c1CC(=O)OC. The fourth-order valence-corrected chi connectivity index (χ4v) is 3.85. The first-order chi connectivity index (χ1) is 13.2. The van der Waals surface area contributed by atoms with Crippen LogP contribution in [0.15, 0.2) is 10.7 Å². The molecule has 0 fully saturated rings. The Morgan fingerprint density at radius 2 is 1.86 bits per heavy atom. The molecule has 1 N–H and O–H groups in total. The number of ether oxygens (including phenoxy) is 2. The molecule has 2 rings (SSSR count). The molecule has 0 spiro atoms. The molecule has 0 saturated carbocycles. The van der Waals surface area contributed by atoms with Crippen molar-refractivity contribution >= 4 is 41.1 Å². The molecule has 0 atom stereocenters. The minimum absolute atomic E-state index is 0.00398. The monoisotopic (exact) mass is 406 g/mol. The summed E-state index contributed by atoms with van der Waals surface area (Å²) in [6.07, 6.45) is 5.81. The molecular weight excluding hydrogens is 380 g/mol. The quantitative estimate of drug-likeness (QED) is 0.552. The molecule has 0 radical (unpaired) electrons.